The average Bonchev–Trinajstić information content (AvgIpc) is 2.89. The first kappa shape index (κ1) is 16.6. The quantitative estimate of drug-likeness (QED) is 0.761. The number of aromatic nitrogens is 3. The van der Waals surface area contributed by atoms with Gasteiger partial charge < -0.3 is 9.84 Å². The fourth-order valence-corrected chi connectivity index (χ4v) is 2.53. The van der Waals surface area contributed by atoms with Crippen LogP contribution in [-0.2, 0) is 11.2 Å². The van der Waals surface area contributed by atoms with Crippen molar-refractivity contribution in [2.24, 2.45) is 0 Å². The number of nitrogens with one attached hydrogen (secondary N) is 2. The van der Waals surface area contributed by atoms with E-state index in [-0.39, 0.29) is 17.9 Å². The zero-order chi connectivity index (χ0) is 18.0. The third-order valence-electron chi connectivity index (χ3n) is 4.01. The molecule has 0 bridgehead atoms. The maximum atomic E-state index is 12.4. The highest BCUT2D eigenvalue weighted by molar-refractivity contribution is 5.93. The number of hydrogen-bond donors (Lipinski definition) is 2. The molecule has 0 aliphatic rings. The number of benzene rings is 1. The van der Waals surface area contributed by atoms with Crippen LogP contribution in [0.15, 0.2) is 39.6 Å². The molecule has 128 valence electrons. The van der Waals surface area contributed by atoms with Crippen molar-refractivity contribution in [1.82, 2.24) is 15.4 Å². The SMILES string of the molecule is Cc1ccc(-c2ccc(=O)[nH]n2)cc1NC(=O)Cc1c(C)noc1C. The molecular weight excluding hydrogens is 320 g/mol. The number of H-pyrrole nitrogens is 1. The normalized spacial score (nSPS) is 10.7. The van der Waals surface area contributed by atoms with Gasteiger partial charge in [-0.15, -0.1) is 0 Å². The van der Waals surface area contributed by atoms with Crippen molar-refractivity contribution < 1.29 is 9.32 Å². The first-order valence-electron chi connectivity index (χ1n) is 7.82. The molecule has 7 nitrogen and oxygen atoms in total. The predicted molar refractivity (Wildman–Crippen MR) is 93.3 cm³/mol. The zero-order valence-corrected chi connectivity index (χ0v) is 14.2. The summed E-state index contributed by atoms with van der Waals surface area (Å²) >= 11 is 0. The molecule has 2 N–H and O–H groups in total. The molecular formula is C18H18N4O3. The van der Waals surface area contributed by atoms with E-state index in [9.17, 15) is 9.59 Å². The lowest BCUT2D eigenvalue weighted by atomic mass is 10.1. The molecule has 0 saturated heterocycles. The minimum atomic E-state index is -0.260. The van der Waals surface area contributed by atoms with E-state index >= 15 is 0 Å². The van der Waals surface area contributed by atoms with Crippen molar-refractivity contribution in [3.63, 3.8) is 0 Å². The molecule has 0 atom stereocenters. The summed E-state index contributed by atoms with van der Waals surface area (Å²) < 4.78 is 5.09. The largest absolute Gasteiger partial charge is 0.361 e. The van der Waals surface area contributed by atoms with Crippen molar-refractivity contribution in [2.45, 2.75) is 27.2 Å². The Balaban J connectivity index is 1.82. The summed E-state index contributed by atoms with van der Waals surface area (Å²) in [5.74, 6) is 0.500. The standard InChI is InChI=1S/C18H18N4O3/c1-10-4-5-13(15-6-7-17(23)21-20-15)8-16(10)19-18(24)9-14-11(2)22-25-12(14)3/h4-8H,9H2,1-3H3,(H,19,24)(H,21,23). The molecule has 2 aromatic heterocycles. The van der Waals surface area contributed by atoms with Gasteiger partial charge in [-0.25, -0.2) is 5.10 Å². The van der Waals surface area contributed by atoms with E-state index in [0.717, 1.165) is 22.4 Å². The predicted octanol–water partition coefficient (Wildman–Crippen LogP) is 2.53. The zero-order valence-electron chi connectivity index (χ0n) is 14.2. The van der Waals surface area contributed by atoms with Crippen molar-refractivity contribution in [3.05, 3.63) is 63.3 Å². The summed E-state index contributed by atoms with van der Waals surface area (Å²) in [7, 11) is 0. The number of nitrogens with zero attached hydrogens (tertiary/aromatic N) is 2. The molecule has 1 amide bonds. The highest BCUT2D eigenvalue weighted by Gasteiger charge is 2.14. The average molecular weight is 338 g/mol. The molecule has 0 fully saturated rings. The molecule has 3 aromatic rings. The number of carbonyl (C=O) groups is 1. The second-order valence-corrected chi connectivity index (χ2v) is 5.86. The van der Waals surface area contributed by atoms with Gasteiger partial charge in [0.25, 0.3) is 5.56 Å². The number of anilines is 1. The summed E-state index contributed by atoms with van der Waals surface area (Å²) in [4.78, 5) is 23.5. The summed E-state index contributed by atoms with van der Waals surface area (Å²) in [6.45, 7) is 5.51. The molecule has 0 aliphatic heterocycles. The Morgan fingerprint density at radius 1 is 1.20 bits per heavy atom. The van der Waals surface area contributed by atoms with Crippen molar-refractivity contribution in [1.29, 1.82) is 0 Å². The van der Waals surface area contributed by atoms with Crippen LogP contribution < -0.4 is 10.9 Å². The molecule has 0 aliphatic carbocycles. The third kappa shape index (κ3) is 3.65. The molecule has 0 unspecified atom stereocenters. The van der Waals surface area contributed by atoms with E-state index in [1.54, 1.807) is 13.0 Å². The number of hydrogen-bond acceptors (Lipinski definition) is 5. The van der Waals surface area contributed by atoms with E-state index in [2.05, 4.69) is 20.7 Å². The first-order valence-corrected chi connectivity index (χ1v) is 7.82. The Bertz CT molecular complexity index is 948. The van der Waals surface area contributed by atoms with E-state index in [1.807, 2.05) is 32.0 Å². The molecule has 1 aromatic carbocycles. The first-order chi connectivity index (χ1) is 11.9. The molecule has 0 radical (unpaired) electrons. The van der Waals surface area contributed by atoms with Gasteiger partial charge in [-0.05, 0) is 38.5 Å². The fourth-order valence-electron chi connectivity index (χ4n) is 2.53. The number of rotatable bonds is 4. The monoisotopic (exact) mass is 338 g/mol. The van der Waals surface area contributed by atoms with E-state index < -0.39 is 0 Å². The van der Waals surface area contributed by atoms with Crippen LogP contribution in [0.5, 0.6) is 0 Å². The van der Waals surface area contributed by atoms with Gasteiger partial charge in [0.15, 0.2) is 0 Å². The maximum Gasteiger partial charge on any atom is 0.264 e. The second kappa shape index (κ2) is 6.72. The number of aromatic amines is 1. The molecule has 25 heavy (non-hydrogen) atoms. The van der Waals surface area contributed by atoms with Gasteiger partial charge in [-0.1, -0.05) is 17.3 Å². The minimum Gasteiger partial charge on any atom is -0.361 e. The van der Waals surface area contributed by atoms with E-state index in [1.165, 1.54) is 6.07 Å². The topological polar surface area (TPSA) is 101 Å². The summed E-state index contributed by atoms with van der Waals surface area (Å²) in [6.07, 6.45) is 0.196. The molecule has 3 rings (SSSR count). The summed E-state index contributed by atoms with van der Waals surface area (Å²) in [5, 5.41) is 13.2. The van der Waals surface area contributed by atoms with Gasteiger partial charge in [0, 0.05) is 22.9 Å². The van der Waals surface area contributed by atoms with Crippen molar-refractivity contribution in [3.8, 4) is 11.3 Å². The van der Waals surface area contributed by atoms with Crippen molar-refractivity contribution >= 4 is 11.6 Å². The van der Waals surface area contributed by atoms with E-state index in [0.29, 0.717) is 17.1 Å². The van der Waals surface area contributed by atoms with Crippen LogP contribution in [0.2, 0.25) is 0 Å². The third-order valence-corrected chi connectivity index (χ3v) is 4.01. The smallest absolute Gasteiger partial charge is 0.264 e. The highest BCUT2D eigenvalue weighted by atomic mass is 16.5. The Morgan fingerprint density at radius 2 is 2.00 bits per heavy atom. The maximum absolute atomic E-state index is 12.4. The Hall–Kier alpha value is -3.22. The van der Waals surface area contributed by atoms with Crippen LogP contribution in [0.1, 0.15) is 22.6 Å². The number of amides is 1. The van der Waals surface area contributed by atoms with Crippen LogP contribution in [0.4, 0.5) is 5.69 Å². The van der Waals surface area contributed by atoms with Crippen LogP contribution >= 0.6 is 0 Å². The minimum absolute atomic E-state index is 0.149. The van der Waals surface area contributed by atoms with Gasteiger partial charge >= 0.3 is 0 Å². The van der Waals surface area contributed by atoms with Gasteiger partial charge in [0.05, 0.1) is 17.8 Å². The Labute approximate surface area is 144 Å². The summed E-state index contributed by atoms with van der Waals surface area (Å²) in [6, 6.07) is 8.67. The number of carbonyl (C=O) groups excluding carboxylic acids is 1. The van der Waals surface area contributed by atoms with Gasteiger partial charge in [0.2, 0.25) is 5.91 Å². The Kier molecular flexibility index (Phi) is 4.47. The van der Waals surface area contributed by atoms with Crippen LogP contribution in [0, 0.1) is 20.8 Å². The molecule has 2 heterocycles. The van der Waals surface area contributed by atoms with Crippen molar-refractivity contribution in [2.75, 3.05) is 5.32 Å². The molecule has 0 spiro atoms. The molecule has 0 saturated carbocycles. The van der Waals surface area contributed by atoms with E-state index in [4.69, 9.17) is 4.52 Å². The Morgan fingerprint density at radius 3 is 2.64 bits per heavy atom. The lowest BCUT2D eigenvalue weighted by molar-refractivity contribution is -0.115. The van der Waals surface area contributed by atoms with Crippen LogP contribution in [-0.4, -0.2) is 21.3 Å². The van der Waals surface area contributed by atoms with Gasteiger partial charge in [-0.3, -0.25) is 9.59 Å². The summed E-state index contributed by atoms with van der Waals surface area (Å²) in [5.41, 5.74) is 4.31. The van der Waals surface area contributed by atoms with Crippen LogP contribution in [0.25, 0.3) is 11.3 Å². The second-order valence-electron chi connectivity index (χ2n) is 5.86. The lowest BCUT2D eigenvalue weighted by Gasteiger charge is -2.10. The highest BCUT2D eigenvalue weighted by Crippen LogP contribution is 2.24. The number of aryl methyl sites for hydroxylation is 3. The fraction of sp³-hybridized carbons (Fsp3) is 0.222. The lowest BCUT2D eigenvalue weighted by Crippen LogP contribution is -2.16. The molecule has 7 heteroatoms. The van der Waals surface area contributed by atoms with Gasteiger partial charge in [-0.2, -0.15) is 5.10 Å². The van der Waals surface area contributed by atoms with Gasteiger partial charge in [0.1, 0.15) is 5.76 Å². The van der Waals surface area contributed by atoms with Crippen LogP contribution in [0.3, 0.4) is 0 Å².